The zero-order valence-corrected chi connectivity index (χ0v) is 13.8. The van der Waals surface area contributed by atoms with Crippen molar-refractivity contribution in [3.63, 3.8) is 0 Å². The fourth-order valence-electron chi connectivity index (χ4n) is 2.34. The van der Waals surface area contributed by atoms with Gasteiger partial charge in [-0.05, 0) is 24.6 Å². The molecule has 3 aromatic rings. The lowest BCUT2D eigenvalue weighted by atomic mass is 10.2. The fourth-order valence-corrected chi connectivity index (χ4v) is 2.34. The molecule has 0 atom stereocenters. The molecule has 0 aliphatic rings. The van der Waals surface area contributed by atoms with Gasteiger partial charge in [-0.1, -0.05) is 36.4 Å². The van der Waals surface area contributed by atoms with E-state index in [0.717, 1.165) is 22.9 Å². The van der Waals surface area contributed by atoms with Gasteiger partial charge < -0.3 is 15.4 Å². The van der Waals surface area contributed by atoms with Crippen molar-refractivity contribution in [2.24, 2.45) is 0 Å². The number of benzene rings is 2. The number of hydrogen-bond donors (Lipinski definition) is 2. The van der Waals surface area contributed by atoms with E-state index in [1.54, 1.807) is 7.11 Å². The van der Waals surface area contributed by atoms with Gasteiger partial charge in [0, 0.05) is 30.1 Å². The van der Waals surface area contributed by atoms with Crippen molar-refractivity contribution in [1.82, 2.24) is 9.97 Å². The SMILES string of the molecule is COc1cccc(Nc2cc(C)nc(NCc3ccccc3)n2)c1. The van der Waals surface area contributed by atoms with E-state index < -0.39 is 0 Å². The van der Waals surface area contributed by atoms with Crippen LogP contribution >= 0.6 is 0 Å². The summed E-state index contributed by atoms with van der Waals surface area (Å²) in [5.41, 5.74) is 3.00. The van der Waals surface area contributed by atoms with E-state index in [4.69, 9.17) is 4.74 Å². The van der Waals surface area contributed by atoms with E-state index in [2.05, 4.69) is 32.7 Å². The molecule has 0 unspecified atom stereocenters. The van der Waals surface area contributed by atoms with Crippen LogP contribution in [0.25, 0.3) is 0 Å². The Hall–Kier alpha value is -3.08. The van der Waals surface area contributed by atoms with Crippen LogP contribution in [-0.2, 0) is 6.54 Å². The second kappa shape index (κ2) is 7.46. The van der Waals surface area contributed by atoms with Crippen molar-refractivity contribution < 1.29 is 4.74 Å². The number of ether oxygens (including phenoxy) is 1. The summed E-state index contributed by atoms with van der Waals surface area (Å²) in [6.45, 7) is 2.63. The number of anilines is 3. The molecule has 0 radical (unpaired) electrons. The monoisotopic (exact) mass is 320 g/mol. The van der Waals surface area contributed by atoms with E-state index >= 15 is 0 Å². The molecule has 1 aromatic heterocycles. The minimum absolute atomic E-state index is 0.601. The van der Waals surface area contributed by atoms with Gasteiger partial charge in [0.1, 0.15) is 11.6 Å². The molecule has 0 saturated carbocycles. The van der Waals surface area contributed by atoms with E-state index in [1.165, 1.54) is 5.56 Å². The normalized spacial score (nSPS) is 10.2. The van der Waals surface area contributed by atoms with E-state index in [0.29, 0.717) is 12.5 Å². The largest absolute Gasteiger partial charge is 0.497 e. The molecule has 3 rings (SSSR count). The van der Waals surface area contributed by atoms with Crippen molar-refractivity contribution in [2.75, 3.05) is 17.7 Å². The third-order valence-electron chi connectivity index (χ3n) is 3.49. The molecule has 24 heavy (non-hydrogen) atoms. The van der Waals surface area contributed by atoms with Gasteiger partial charge in [0.25, 0.3) is 0 Å². The molecule has 1 heterocycles. The lowest BCUT2D eigenvalue weighted by Gasteiger charge is -2.11. The highest BCUT2D eigenvalue weighted by molar-refractivity contribution is 5.59. The zero-order valence-electron chi connectivity index (χ0n) is 13.8. The van der Waals surface area contributed by atoms with Crippen molar-refractivity contribution in [3.8, 4) is 5.75 Å². The lowest BCUT2D eigenvalue weighted by molar-refractivity contribution is 0.415. The van der Waals surface area contributed by atoms with Gasteiger partial charge in [-0.25, -0.2) is 4.98 Å². The van der Waals surface area contributed by atoms with Crippen molar-refractivity contribution in [1.29, 1.82) is 0 Å². The molecular weight excluding hydrogens is 300 g/mol. The number of aryl methyl sites for hydroxylation is 1. The Morgan fingerprint density at radius 2 is 1.79 bits per heavy atom. The second-order valence-electron chi connectivity index (χ2n) is 5.41. The Bertz CT molecular complexity index is 805. The molecule has 0 aliphatic carbocycles. The smallest absolute Gasteiger partial charge is 0.225 e. The summed E-state index contributed by atoms with van der Waals surface area (Å²) >= 11 is 0. The number of hydrogen-bond acceptors (Lipinski definition) is 5. The Balaban J connectivity index is 1.73. The topological polar surface area (TPSA) is 59.1 Å². The quantitative estimate of drug-likeness (QED) is 0.714. The van der Waals surface area contributed by atoms with Gasteiger partial charge in [-0.2, -0.15) is 4.98 Å². The molecule has 0 fully saturated rings. The van der Waals surface area contributed by atoms with Crippen LogP contribution < -0.4 is 15.4 Å². The maximum atomic E-state index is 5.24. The maximum Gasteiger partial charge on any atom is 0.225 e. The first-order valence-corrected chi connectivity index (χ1v) is 7.77. The first-order chi connectivity index (χ1) is 11.7. The molecule has 0 bridgehead atoms. The van der Waals surface area contributed by atoms with Gasteiger partial charge in [0.15, 0.2) is 0 Å². The van der Waals surface area contributed by atoms with E-state index in [9.17, 15) is 0 Å². The predicted octanol–water partition coefficient (Wildman–Crippen LogP) is 4.15. The van der Waals surface area contributed by atoms with Gasteiger partial charge >= 0.3 is 0 Å². The van der Waals surface area contributed by atoms with E-state index in [-0.39, 0.29) is 0 Å². The van der Waals surface area contributed by atoms with Crippen molar-refractivity contribution >= 4 is 17.5 Å². The van der Waals surface area contributed by atoms with Crippen LogP contribution in [0, 0.1) is 6.92 Å². The fraction of sp³-hybridized carbons (Fsp3) is 0.158. The number of rotatable bonds is 6. The summed E-state index contributed by atoms with van der Waals surface area (Å²) in [7, 11) is 1.65. The molecule has 0 saturated heterocycles. The van der Waals surface area contributed by atoms with Crippen LogP contribution in [0.15, 0.2) is 60.7 Å². The Morgan fingerprint density at radius 3 is 2.58 bits per heavy atom. The molecule has 0 aliphatic heterocycles. The highest BCUT2D eigenvalue weighted by Crippen LogP contribution is 2.21. The molecular formula is C19H20N4O. The van der Waals surface area contributed by atoms with E-state index in [1.807, 2.05) is 55.5 Å². The highest BCUT2D eigenvalue weighted by atomic mass is 16.5. The molecule has 122 valence electrons. The van der Waals surface area contributed by atoms with Crippen LogP contribution in [0.5, 0.6) is 5.75 Å². The standard InChI is InChI=1S/C19H20N4O/c1-14-11-18(22-16-9-6-10-17(12-16)24-2)23-19(21-14)20-13-15-7-4-3-5-8-15/h3-12H,13H2,1-2H3,(H2,20,21,22,23). The van der Waals surface area contributed by atoms with Gasteiger partial charge in [-0.3, -0.25) is 0 Å². The maximum absolute atomic E-state index is 5.24. The number of aromatic nitrogens is 2. The third kappa shape index (κ3) is 4.23. The average Bonchev–Trinajstić information content (AvgIpc) is 2.60. The summed E-state index contributed by atoms with van der Waals surface area (Å²) in [6.07, 6.45) is 0. The van der Waals surface area contributed by atoms with Crippen LogP contribution in [-0.4, -0.2) is 17.1 Å². The van der Waals surface area contributed by atoms with Crippen molar-refractivity contribution in [3.05, 3.63) is 71.9 Å². The first-order valence-electron chi connectivity index (χ1n) is 7.77. The summed E-state index contributed by atoms with van der Waals surface area (Å²) in [6, 6.07) is 19.8. The predicted molar refractivity (Wildman–Crippen MR) is 96.8 cm³/mol. The lowest BCUT2D eigenvalue weighted by Crippen LogP contribution is -2.06. The Labute approximate surface area is 141 Å². The van der Waals surface area contributed by atoms with Crippen molar-refractivity contribution in [2.45, 2.75) is 13.5 Å². The molecule has 2 aromatic carbocycles. The molecule has 0 amide bonds. The van der Waals surface area contributed by atoms with Gasteiger partial charge in [0.2, 0.25) is 5.95 Å². The van der Waals surface area contributed by atoms with Crippen LogP contribution in [0.2, 0.25) is 0 Å². The minimum atomic E-state index is 0.601. The average molecular weight is 320 g/mol. The molecule has 5 heteroatoms. The van der Waals surface area contributed by atoms with Crippen LogP contribution in [0.1, 0.15) is 11.3 Å². The summed E-state index contributed by atoms with van der Waals surface area (Å²) in [5, 5.41) is 6.55. The Kier molecular flexibility index (Phi) is 4.91. The molecule has 2 N–H and O–H groups in total. The number of nitrogens with zero attached hydrogens (tertiary/aromatic N) is 2. The molecule has 5 nitrogen and oxygen atoms in total. The van der Waals surface area contributed by atoms with Gasteiger partial charge in [0.05, 0.1) is 7.11 Å². The summed E-state index contributed by atoms with van der Waals surface area (Å²) in [5.74, 6) is 2.14. The van der Waals surface area contributed by atoms with Crippen LogP contribution in [0.4, 0.5) is 17.5 Å². The summed E-state index contributed by atoms with van der Waals surface area (Å²) < 4.78 is 5.24. The molecule has 0 spiro atoms. The third-order valence-corrected chi connectivity index (χ3v) is 3.49. The van der Waals surface area contributed by atoms with Gasteiger partial charge in [-0.15, -0.1) is 0 Å². The van der Waals surface area contributed by atoms with Crippen LogP contribution in [0.3, 0.4) is 0 Å². The minimum Gasteiger partial charge on any atom is -0.497 e. The first kappa shape index (κ1) is 15.8. The Morgan fingerprint density at radius 1 is 0.958 bits per heavy atom. The number of nitrogens with one attached hydrogen (secondary N) is 2. The highest BCUT2D eigenvalue weighted by Gasteiger charge is 2.04. The zero-order chi connectivity index (χ0) is 16.8. The number of methoxy groups -OCH3 is 1. The second-order valence-corrected chi connectivity index (χ2v) is 5.41. The summed E-state index contributed by atoms with van der Waals surface area (Å²) in [4.78, 5) is 8.96.